The fourth-order valence-electron chi connectivity index (χ4n) is 4.05. The molecular formula is C23H22N2O4. The molecule has 2 N–H and O–H groups in total. The number of allylic oxidation sites excluding steroid dienone is 1. The van der Waals surface area contributed by atoms with Crippen LogP contribution in [0.3, 0.4) is 0 Å². The number of nitrogens with one attached hydrogen (secondary N) is 2. The SMILES string of the molecule is COc1ccc([C@H]2CC(=O)C3=C(C2)NC(=O)C[C@H]3C(=O)Nc2ccccc2)cc1. The van der Waals surface area contributed by atoms with Crippen LogP contribution in [0.5, 0.6) is 5.75 Å². The number of methoxy groups -OCH3 is 1. The molecule has 0 bridgehead atoms. The lowest BCUT2D eigenvalue weighted by Gasteiger charge is -2.33. The maximum absolute atomic E-state index is 13.0. The van der Waals surface area contributed by atoms with Gasteiger partial charge in [-0.3, -0.25) is 14.4 Å². The molecule has 0 spiro atoms. The van der Waals surface area contributed by atoms with Crippen molar-refractivity contribution in [2.24, 2.45) is 5.92 Å². The van der Waals surface area contributed by atoms with Gasteiger partial charge in [0.2, 0.25) is 11.8 Å². The van der Waals surface area contributed by atoms with Crippen LogP contribution in [-0.2, 0) is 14.4 Å². The second-order valence-electron chi connectivity index (χ2n) is 7.35. The molecule has 6 heteroatoms. The van der Waals surface area contributed by atoms with Crippen LogP contribution in [-0.4, -0.2) is 24.7 Å². The number of carbonyl (C=O) groups excluding carboxylic acids is 3. The first-order valence-electron chi connectivity index (χ1n) is 9.61. The first-order valence-corrected chi connectivity index (χ1v) is 9.61. The summed E-state index contributed by atoms with van der Waals surface area (Å²) in [6, 6.07) is 16.6. The number of amides is 2. The van der Waals surface area contributed by atoms with E-state index in [1.54, 1.807) is 19.2 Å². The summed E-state index contributed by atoms with van der Waals surface area (Å²) in [5, 5.41) is 5.66. The summed E-state index contributed by atoms with van der Waals surface area (Å²) in [6.07, 6.45) is 0.820. The van der Waals surface area contributed by atoms with Gasteiger partial charge in [-0.2, -0.15) is 0 Å². The number of hydrogen-bond acceptors (Lipinski definition) is 4. The van der Waals surface area contributed by atoms with Gasteiger partial charge in [-0.15, -0.1) is 0 Å². The Morgan fingerprint density at radius 1 is 1.00 bits per heavy atom. The molecule has 2 atom stereocenters. The molecule has 29 heavy (non-hydrogen) atoms. The average molecular weight is 390 g/mol. The predicted octanol–water partition coefficient (Wildman–Crippen LogP) is 3.17. The third-order valence-corrected chi connectivity index (χ3v) is 5.48. The highest BCUT2D eigenvalue weighted by molar-refractivity contribution is 6.09. The van der Waals surface area contributed by atoms with Crippen LogP contribution < -0.4 is 15.4 Å². The second-order valence-corrected chi connectivity index (χ2v) is 7.35. The van der Waals surface area contributed by atoms with Gasteiger partial charge in [0.1, 0.15) is 5.75 Å². The van der Waals surface area contributed by atoms with Crippen LogP contribution >= 0.6 is 0 Å². The minimum absolute atomic E-state index is 0.0174. The van der Waals surface area contributed by atoms with Gasteiger partial charge in [0.25, 0.3) is 0 Å². The van der Waals surface area contributed by atoms with Gasteiger partial charge in [0.15, 0.2) is 5.78 Å². The van der Waals surface area contributed by atoms with Crippen molar-refractivity contribution in [1.82, 2.24) is 5.32 Å². The zero-order valence-electron chi connectivity index (χ0n) is 16.1. The quantitative estimate of drug-likeness (QED) is 0.840. The molecule has 4 rings (SSSR count). The lowest BCUT2D eigenvalue weighted by atomic mass is 9.75. The number of ketones is 1. The maximum Gasteiger partial charge on any atom is 0.232 e. The van der Waals surface area contributed by atoms with Gasteiger partial charge >= 0.3 is 0 Å². The molecule has 2 aromatic carbocycles. The van der Waals surface area contributed by atoms with Gasteiger partial charge in [-0.25, -0.2) is 0 Å². The molecule has 2 aliphatic rings. The topological polar surface area (TPSA) is 84.5 Å². The Labute approximate surface area is 168 Å². The Bertz CT molecular complexity index is 980. The molecule has 0 unspecified atom stereocenters. The van der Waals surface area contributed by atoms with Gasteiger partial charge in [-0.1, -0.05) is 30.3 Å². The monoisotopic (exact) mass is 390 g/mol. The molecule has 6 nitrogen and oxygen atoms in total. The lowest BCUT2D eigenvalue weighted by molar-refractivity contribution is -0.129. The average Bonchev–Trinajstić information content (AvgIpc) is 2.73. The molecule has 2 aromatic rings. The number of ether oxygens (including phenoxy) is 1. The van der Waals surface area contributed by atoms with Gasteiger partial charge in [-0.05, 0) is 42.2 Å². The summed E-state index contributed by atoms with van der Waals surface area (Å²) >= 11 is 0. The van der Waals surface area contributed by atoms with Crippen molar-refractivity contribution in [3.05, 3.63) is 71.4 Å². The highest BCUT2D eigenvalue weighted by Crippen LogP contribution is 2.39. The molecule has 0 radical (unpaired) electrons. The van der Waals surface area contributed by atoms with Crippen LogP contribution in [0.2, 0.25) is 0 Å². The molecule has 2 amide bonds. The van der Waals surface area contributed by atoms with E-state index in [1.807, 2.05) is 42.5 Å². The molecule has 1 aliphatic heterocycles. The van der Waals surface area contributed by atoms with E-state index in [2.05, 4.69) is 10.6 Å². The Morgan fingerprint density at radius 2 is 1.72 bits per heavy atom. The number of Topliss-reactive ketones (excluding diaryl/α,β-unsaturated/α-hetero) is 1. The Morgan fingerprint density at radius 3 is 2.41 bits per heavy atom. The Kier molecular flexibility index (Phi) is 5.16. The fourth-order valence-corrected chi connectivity index (χ4v) is 4.05. The molecule has 0 saturated heterocycles. The van der Waals surface area contributed by atoms with Gasteiger partial charge in [0, 0.05) is 29.8 Å². The summed E-state index contributed by atoms with van der Waals surface area (Å²) in [5.41, 5.74) is 2.68. The fraction of sp³-hybridized carbons (Fsp3) is 0.261. The van der Waals surface area contributed by atoms with E-state index in [0.29, 0.717) is 29.8 Å². The first-order chi connectivity index (χ1) is 14.0. The Hall–Kier alpha value is -3.41. The van der Waals surface area contributed by atoms with Crippen molar-refractivity contribution in [2.75, 3.05) is 12.4 Å². The second kappa shape index (κ2) is 7.91. The van der Waals surface area contributed by atoms with Crippen molar-refractivity contribution in [3.63, 3.8) is 0 Å². The van der Waals surface area contributed by atoms with Crippen LogP contribution in [0.25, 0.3) is 0 Å². The molecule has 0 aromatic heterocycles. The largest absolute Gasteiger partial charge is 0.497 e. The van der Waals surface area contributed by atoms with Crippen LogP contribution in [0, 0.1) is 5.92 Å². The van der Waals surface area contributed by atoms with E-state index in [-0.39, 0.29) is 29.9 Å². The minimum atomic E-state index is -0.761. The third kappa shape index (κ3) is 3.92. The van der Waals surface area contributed by atoms with E-state index >= 15 is 0 Å². The zero-order valence-corrected chi connectivity index (χ0v) is 16.1. The number of hydrogen-bond donors (Lipinski definition) is 2. The number of para-hydroxylation sites is 1. The standard InChI is InChI=1S/C23H22N2O4/c1-29-17-9-7-14(8-10-17)15-11-19-22(20(26)12-15)18(13-21(27)25-19)23(28)24-16-5-3-2-4-6-16/h2-10,15,18H,11-13H2,1H3,(H,24,28)(H,25,27)/t15-,18-/m1/s1. The third-order valence-electron chi connectivity index (χ3n) is 5.48. The molecular weight excluding hydrogens is 368 g/mol. The number of benzene rings is 2. The minimum Gasteiger partial charge on any atom is -0.497 e. The maximum atomic E-state index is 13.0. The van der Waals surface area contributed by atoms with Gasteiger partial charge in [0.05, 0.1) is 13.0 Å². The van der Waals surface area contributed by atoms with E-state index in [0.717, 1.165) is 11.3 Å². The predicted molar refractivity (Wildman–Crippen MR) is 108 cm³/mol. The lowest BCUT2D eigenvalue weighted by Crippen LogP contribution is -2.43. The highest BCUT2D eigenvalue weighted by Gasteiger charge is 2.40. The van der Waals surface area contributed by atoms with Crippen molar-refractivity contribution in [1.29, 1.82) is 0 Å². The zero-order chi connectivity index (χ0) is 20.4. The normalized spacial score (nSPS) is 21.3. The number of rotatable bonds is 4. The van der Waals surface area contributed by atoms with Crippen LogP contribution in [0.15, 0.2) is 65.9 Å². The first kappa shape index (κ1) is 18.9. The van der Waals surface area contributed by atoms with Crippen molar-refractivity contribution < 1.29 is 19.1 Å². The smallest absolute Gasteiger partial charge is 0.232 e. The molecule has 1 aliphatic carbocycles. The van der Waals surface area contributed by atoms with Gasteiger partial charge < -0.3 is 15.4 Å². The summed E-state index contributed by atoms with van der Waals surface area (Å²) in [4.78, 5) is 38.1. The van der Waals surface area contributed by atoms with E-state index < -0.39 is 5.92 Å². The van der Waals surface area contributed by atoms with E-state index in [9.17, 15) is 14.4 Å². The highest BCUT2D eigenvalue weighted by atomic mass is 16.5. The Balaban J connectivity index is 1.59. The molecule has 0 fully saturated rings. The van der Waals surface area contributed by atoms with E-state index in [4.69, 9.17) is 4.74 Å². The summed E-state index contributed by atoms with van der Waals surface area (Å²) in [6.45, 7) is 0. The van der Waals surface area contributed by atoms with Crippen molar-refractivity contribution in [2.45, 2.75) is 25.2 Å². The summed E-state index contributed by atoms with van der Waals surface area (Å²) in [5.74, 6) is -0.693. The molecule has 0 saturated carbocycles. The van der Waals surface area contributed by atoms with Crippen LogP contribution in [0.1, 0.15) is 30.7 Å². The number of anilines is 1. The van der Waals surface area contributed by atoms with Crippen molar-refractivity contribution in [3.8, 4) is 5.75 Å². The number of carbonyl (C=O) groups is 3. The summed E-state index contributed by atoms with van der Waals surface area (Å²) < 4.78 is 5.19. The molecule has 148 valence electrons. The van der Waals surface area contributed by atoms with E-state index in [1.165, 1.54) is 0 Å². The van der Waals surface area contributed by atoms with Crippen molar-refractivity contribution >= 4 is 23.3 Å². The summed E-state index contributed by atoms with van der Waals surface area (Å²) in [7, 11) is 1.61. The van der Waals surface area contributed by atoms with Crippen LogP contribution in [0.4, 0.5) is 5.69 Å². The molecule has 1 heterocycles.